The van der Waals surface area contributed by atoms with Crippen LogP contribution in [0.15, 0.2) is 11.6 Å². The van der Waals surface area contributed by atoms with Crippen LogP contribution >= 0.6 is 0 Å². The number of hydrogen-bond acceptors (Lipinski definition) is 3. The molecule has 0 radical (unpaired) electrons. The van der Waals surface area contributed by atoms with E-state index in [0.717, 1.165) is 25.8 Å². The molecule has 1 heterocycles. The summed E-state index contributed by atoms with van der Waals surface area (Å²) in [6.07, 6.45) is 9.81. The third-order valence-corrected chi connectivity index (χ3v) is 4.81. The van der Waals surface area contributed by atoms with Crippen LogP contribution in [0.3, 0.4) is 0 Å². The molecule has 0 aromatic carbocycles. The van der Waals surface area contributed by atoms with Gasteiger partial charge < -0.3 is 15.0 Å². The van der Waals surface area contributed by atoms with Gasteiger partial charge in [0.25, 0.3) is 0 Å². The lowest BCUT2D eigenvalue weighted by Crippen LogP contribution is -2.41. The van der Waals surface area contributed by atoms with E-state index in [9.17, 15) is 9.59 Å². The molecule has 1 saturated heterocycles. The fourth-order valence-electron chi connectivity index (χ4n) is 3.26. The monoisotopic (exact) mass is 322 g/mol. The second kappa shape index (κ2) is 9.71. The zero-order chi connectivity index (χ0) is 16.5. The van der Waals surface area contributed by atoms with E-state index in [-0.39, 0.29) is 17.7 Å². The molecule has 2 rings (SSSR count). The van der Waals surface area contributed by atoms with E-state index >= 15 is 0 Å². The maximum atomic E-state index is 12.1. The van der Waals surface area contributed by atoms with Crippen LogP contribution in [0.25, 0.3) is 0 Å². The zero-order valence-corrected chi connectivity index (χ0v) is 14.3. The number of carbonyl (C=O) groups is 2. The predicted octanol–water partition coefficient (Wildman–Crippen LogP) is 2.27. The summed E-state index contributed by atoms with van der Waals surface area (Å²) in [5, 5.41) is 2.97. The van der Waals surface area contributed by atoms with Crippen molar-refractivity contribution in [3.8, 4) is 0 Å². The molecule has 130 valence electrons. The quantitative estimate of drug-likeness (QED) is 0.732. The van der Waals surface area contributed by atoms with Crippen molar-refractivity contribution >= 4 is 11.8 Å². The van der Waals surface area contributed by atoms with Crippen molar-refractivity contribution < 1.29 is 14.3 Å². The molecule has 1 aliphatic heterocycles. The number of allylic oxidation sites excluding steroid dienone is 1. The van der Waals surface area contributed by atoms with Crippen LogP contribution in [0.2, 0.25) is 0 Å². The van der Waals surface area contributed by atoms with Gasteiger partial charge in [0, 0.05) is 45.7 Å². The van der Waals surface area contributed by atoms with Crippen molar-refractivity contribution in [1.82, 2.24) is 10.2 Å². The number of ether oxygens (including phenoxy) is 1. The van der Waals surface area contributed by atoms with E-state index in [2.05, 4.69) is 11.4 Å². The highest BCUT2D eigenvalue weighted by atomic mass is 16.5. The first-order valence-corrected chi connectivity index (χ1v) is 8.95. The minimum Gasteiger partial charge on any atom is -0.381 e. The number of nitrogens with one attached hydrogen (secondary N) is 1. The van der Waals surface area contributed by atoms with Crippen molar-refractivity contribution in [1.29, 1.82) is 0 Å². The largest absolute Gasteiger partial charge is 0.381 e. The highest BCUT2D eigenvalue weighted by molar-refractivity contribution is 5.78. The van der Waals surface area contributed by atoms with Crippen LogP contribution in [0.5, 0.6) is 0 Å². The maximum absolute atomic E-state index is 12.1. The molecule has 0 bridgehead atoms. The smallest absolute Gasteiger partial charge is 0.223 e. The molecule has 1 N–H and O–H groups in total. The minimum atomic E-state index is 0.0712. The third kappa shape index (κ3) is 6.34. The van der Waals surface area contributed by atoms with Gasteiger partial charge >= 0.3 is 0 Å². The molecule has 23 heavy (non-hydrogen) atoms. The highest BCUT2D eigenvalue weighted by Crippen LogP contribution is 2.20. The van der Waals surface area contributed by atoms with Gasteiger partial charge in [0.05, 0.1) is 0 Å². The number of carbonyl (C=O) groups excluding carboxylic acids is 2. The van der Waals surface area contributed by atoms with Crippen LogP contribution in [0.4, 0.5) is 0 Å². The van der Waals surface area contributed by atoms with Crippen molar-refractivity contribution in [2.75, 3.05) is 32.8 Å². The Morgan fingerprint density at radius 2 is 2.04 bits per heavy atom. The van der Waals surface area contributed by atoms with Crippen molar-refractivity contribution in [3.63, 3.8) is 0 Å². The minimum absolute atomic E-state index is 0.0712. The zero-order valence-electron chi connectivity index (χ0n) is 14.3. The third-order valence-electron chi connectivity index (χ3n) is 4.81. The summed E-state index contributed by atoms with van der Waals surface area (Å²) in [6, 6.07) is 0. The lowest BCUT2D eigenvalue weighted by Gasteiger charge is -2.24. The topological polar surface area (TPSA) is 58.6 Å². The van der Waals surface area contributed by atoms with Crippen molar-refractivity contribution in [3.05, 3.63) is 11.6 Å². The van der Waals surface area contributed by atoms with Gasteiger partial charge in [-0.2, -0.15) is 0 Å². The predicted molar refractivity (Wildman–Crippen MR) is 90.0 cm³/mol. The van der Waals surface area contributed by atoms with Gasteiger partial charge in [0.15, 0.2) is 0 Å². The fraction of sp³-hybridized carbons (Fsp3) is 0.778. The Morgan fingerprint density at radius 3 is 2.70 bits per heavy atom. The van der Waals surface area contributed by atoms with Gasteiger partial charge in [-0.1, -0.05) is 11.6 Å². The summed E-state index contributed by atoms with van der Waals surface area (Å²) in [4.78, 5) is 25.7. The Kier molecular flexibility index (Phi) is 7.59. The van der Waals surface area contributed by atoms with Crippen LogP contribution < -0.4 is 5.32 Å². The molecule has 1 aliphatic carbocycles. The molecule has 5 nitrogen and oxygen atoms in total. The van der Waals surface area contributed by atoms with E-state index in [1.807, 2.05) is 4.90 Å². The van der Waals surface area contributed by atoms with E-state index in [0.29, 0.717) is 26.3 Å². The molecule has 5 heteroatoms. The Balaban J connectivity index is 1.68. The maximum Gasteiger partial charge on any atom is 0.223 e. The Hall–Kier alpha value is -1.36. The number of amides is 2. The second-order valence-electron chi connectivity index (χ2n) is 6.54. The fourth-order valence-corrected chi connectivity index (χ4v) is 3.26. The molecule has 1 fully saturated rings. The summed E-state index contributed by atoms with van der Waals surface area (Å²) in [5.74, 6) is 0.260. The van der Waals surface area contributed by atoms with Crippen LogP contribution in [0.1, 0.15) is 51.9 Å². The first-order chi connectivity index (χ1) is 11.2. The van der Waals surface area contributed by atoms with Crippen LogP contribution in [0, 0.1) is 5.92 Å². The Bertz CT molecular complexity index is 428. The first kappa shape index (κ1) is 18.0. The molecule has 0 spiro atoms. The molecule has 0 unspecified atom stereocenters. The van der Waals surface area contributed by atoms with E-state index in [1.165, 1.54) is 31.3 Å². The molecule has 2 aliphatic rings. The Morgan fingerprint density at radius 1 is 1.26 bits per heavy atom. The van der Waals surface area contributed by atoms with Gasteiger partial charge in [-0.25, -0.2) is 0 Å². The molecule has 0 aromatic rings. The summed E-state index contributed by atoms with van der Waals surface area (Å²) < 4.78 is 5.28. The SMILES string of the molecule is CC(=O)N(CCNC(=O)C1CCOCC1)CCC1=CCCCC1. The summed E-state index contributed by atoms with van der Waals surface area (Å²) in [7, 11) is 0. The summed E-state index contributed by atoms with van der Waals surface area (Å²) in [6.45, 7) is 4.84. The molecule has 0 atom stereocenters. The first-order valence-electron chi connectivity index (χ1n) is 8.95. The molecule has 0 saturated carbocycles. The lowest BCUT2D eigenvalue weighted by atomic mass is 9.97. The normalized spacial score (nSPS) is 19.1. The molecular weight excluding hydrogens is 292 g/mol. The van der Waals surface area contributed by atoms with Gasteiger partial charge in [0.2, 0.25) is 11.8 Å². The van der Waals surface area contributed by atoms with E-state index in [1.54, 1.807) is 6.92 Å². The summed E-state index contributed by atoms with van der Waals surface area (Å²) >= 11 is 0. The number of nitrogens with zero attached hydrogens (tertiary/aromatic N) is 1. The van der Waals surface area contributed by atoms with Crippen molar-refractivity contribution in [2.45, 2.75) is 51.9 Å². The van der Waals surface area contributed by atoms with Gasteiger partial charge in [-0.15, -0.1) is 0 Å². The van der Waals surface area contributed by atoms with Crippen molar-refractivity contribution in [2.24, 2.45) is 5.92 Å². The van der Waals surface area contributed by atoms with Crippen LogP contribution in [-0.2, 0) is 14.3 Å². The highest BCUT2D eigenvalue weighted by Gasteiger charge is 2.21. The number of hydrogen-bond donors (Lipinski definition) is 1. The molecule has 2 amide bonds. The second-order valence-corrected chi connectivity index (χ2v) is 6.54. The van der Waals surface area contributed by atoms with E-state index < -0.39 is 0 Å². The van der Waals surface area contributed by atoms with Gasteiger partial charge in [-0.05, 0) is 44.9 Å². The molecular formula is C18H30N2O3. The number of rotatable bonds is 7. The van der Waals surface area contributed by atoms with Gasteiger partial charge in [-0.3, -0.25) is 9.59 Å². The van der Waals surface area contributed by atoms with Crippen LogP contribution in [-0.4, -0.2) is 49.6 Å². The summed E-state index contributed by atoms with van der Waals surface area (Å²) in [5.41, 5.74) is 1.48. The molecule has 0 aromatic heterocycles. The standard InChI is InChI=1S/C18H30N2O3/c1-15(21)20(11-7-16-5-3-2-4-6-16)12-10-19-18(22)17-8-13-23-14-9-17/h5,17H,2-4,6-14H2,1H3,(H,19,22). The van der Waals surface area contributed by atoms with E-state index in [4.69, 9.17) is 4.74 Å². The average Bonchev–Trinajstić information content (AvgIpc) is 2.59. The lowest BCUT2D eigenvalue weighted by molar-refractivity contribution is -0.131. The average molecular weight is 322 g/mol. The Labute approximate surface area is 139 Å². The van der Waals surface area contributed by atoms with Gasteiger partial charge in [0.1, 0.15) is 0 Å².